The number of allylic oxidation sites excluding steroid dienone is 1. The fourth-order valence-electron chi connectivity index (χ4n) is 2.58. The Morgan fingerprint density at radius 1 is 1.45 bits per heavy atom. The van der Waals surface area contributed by atoms with Crippen LogP contribution < -0.4 is 0 Å². The van der Waals surface area contributed by atoms with E-state index < -0.39 is 4.92 Å². The average Bonchev–Trinajstić information content (AvgIpc) is 2.96. The largest absolute Gasteiger partial charge is 0.461 e. The van der Waals surface area contributed by atoms with Gasteiger partial charge in [0.05, 0.1) is 10.8 Å². The lowest BCUT2D eigenvalue weighted by Gasteiger charge is -2.05. The molecule has 5 nitrogen and oxygen atoms in total. The number of nitro groups is 1. The number of nitrogens with zero attached hydrogens (tertiary/aromatic N) is 1. The van der Waals surface area contributed by atoms with Crippen molar-refractivity contribution >= 4 is 34.9 Å². The zero-order valence-corrected chi connectivity index (χ0v) is 13.6. The number of benzene rings is 1. The molecule has 7 heteroatoms. The average molecular weight is 344 g/mol. The summed E-state index contributed by atoms with van der Waals surface area (Å²) in [5.74, 6) is -0.721. The number of non-ortho nitro benzene ring substituents is 1. The van der Waals surface area contributed by atoms with E-state index in [1.165, 1.54) is 12.1 Å². The molecule has 1 aromatic rings. The van der Waals surface area contributed by atoms with Crippen LogP contribution in [0.5, 0.6) is 0 Å². The van der Waals surface area contributed by atoms with Gasteiger partial charge >= 0.3 is 5.97 Å². The van der Waals surface area contributed by atoms with Gasteiger partial charge in [-0.05, 0) is 23.0 Å². The van der Waals surface area contributed by atoms with Crippen LogP contribution in [-0.4, -0.2) is 10.9 Å². The van der Waals surface area contributed by atoms with Crippen molar-refractivity contribution in [1.29, 1.82) is 0 Å². The Kier molecular flexibility index (Phi) is 4.78. The molecule has 0 saturated heterocycles. The first-order valence-electron chi connectivity index (χ1n) is 6.66. The molecule has 0 aliphatic heterocycles. The molecule has 1 fully saturated rings. The van der Waals surface area contributed by atoms with Crippen molar-refractivity contribution in [3.8, 4) is 0 Å². The topological polar surface area (TPSA) is 69.4 Å². The first-order valence-corrected chi connectivity index (χ1v) is 7.42. The number of hydrogen-bond acceptors (Lipinski definition) is 4. The van der Waals surface area contributed by atoms with Crippen LogP contribution in [0.15, 0.2) is 34.8 Å². The van der Waals surface area contributed by atoms with Crippen LogP contribution in [0.2, 0.25) is 0 Å². The van der Waals surface area contributed by atoms with Gasteiger partial charge in [-0.15, -0.1) is 0 Å². The minimum atomic E-state index is -0.487. The fourth-order valence-corrected chi connectivity index (χ4v) is 2.85. The summed E-state index contributed by atoms with van der Waals surface area (Å²) in [4.78, 5) is 22.4. The number of esters is 1. The summed E-state index contributed by atoms with van der Waals surface area (Å²) < 4.78 is 5.39. The number of hydrogen-bond donors (Lipinski definition) is 0. The summed E-state index contributed by atoms with van der Waals surface area (Å²) in [6.07, 6.45) is 1.64. The number of nitro benzene ring substituents is 1. The Morgan fingerprint density at radius 2 is 2.14 bits per heavy atom. The fraction of sp³-hybridized carbons (Fsp3) is 0.400. The number of halogens is 2. The minimum Gasteiger partial charge on any atom is -0.461 e. The molecular weight excluding hydrogens is 329 g/mol. The maximum absolute atomic E-state index is 12.1. The van der Waals surface area contributed by atoms with E-state index in [-0.39, 0.29) is 40.0 Å². The predicted octanol–water partition coefficient (Wildman–Crippen LogP) is 4.23. The third-order valence-electron chi connectivity index (χ3n) is 3.97. The van der Waals surface area contributed by atoms with E-state index in [2.05, 4.69) is 0 Å². The number of rotatable bonds is 5. The number of ether oxygens (including phenoxy) is 1. The second kappa shape index (κ2) is 6.26. The smallest absolute Gasteiger partial charge is 0.310 e. The zero-order chi connectivity index (χ0) is 16.5. The molecular formula is C15H15Cl2NO4. The first-order chi connectivity index (χ1) is 10.2. The molecule has 1 aliphatic rings. The normalized spacial score (nSPS) is 21.8. The van der Waals surface area contributed by atoms with E-state index in [1.54, 1.807) is 18.2 Å². The highest BCUT2D eigenvalue weighted by atomic mass is 35.5. The van der Waals surface area contributed by atoms with Gasteiger partial charge in [-0.2, -0.15) is 0 Å². The Morgan fingerprint density at radius 3 is 2.73 bits per heavy atom. The molecule has 1 aromatic carbocycles. The molecule has 1 aliphatic carbocycles. The lowest BCUT2D eigenvalue weighted by molar-refractivity contribution is -0.384. The number of carbonyl (C=O) groups excluding carboxylic acids is 1. The highest BCUT2D eigenvalue weighted by Gasteiger charge is 2.61. The SMILES string of the molecule is CC1(C)[C@H](C=C(Cl)Cl)[C@H]1C(=O)OCc1cccc([N+](=O)[O-])c1. The Labute approximate surface area is 138 Å². The van der Waals surface area contributed by atoms with Gasteiger partial charge in [0.15, 0.2) is 0 Å². The Hall–Kier alpha value is -1.59. The highest BCUT2D eigenvalue weighted by Crippen LogP contribution is 2.60. The lowest BCUT2D eigenvalue weighted by Crippen LogP contribution is -2.10. The Balaban J connectivity index is 1.98. The predicted molar refractivity (Wildman–Crippen MR) is 83.4 cm³/mol. The molecule has 0 bridgehead atoms. The van der Waals surface area contributed by atoms with Gasteiger partial charge in [0.25, 0.3) is 5.69 Å². The van der Waals surface area contributed by atoms with Crippen molar-refractivity contribution in [3.05, 3.63) is 50.5 Å². The van der Waals surface area contributed by atoms with E-state index in [9.17, 15) is 14.9 Å². The molecule has 0 radical (unpaired) electrons. The minimum absolute atomic E-state index is 0.00185. The molecule has 0 aromatic heterocycles. The van der Waals surface area contributed by atoms with Crippen molar-refractivity contribution in [2.24, 2.45) is 17.3 Å². The summed E-state index contributed by atoms with van der Waals surface area (Å²) in [6, 6.07) is 6.00. The summed E-state index contributed by atoms with van der Waals surface area (Å²) >= 11 is 11.3. The van der Waals surface area contributed by atoms with Gasteiger partial charge in [0.2, 0.25) is 0 Å². The molecule has 0 unspecified atom stereocenters. The van der Waals surface area contributed by atoms with E-state index >= 15 is 0 Å². The van der Waals surface area contributed by atoms with Crippen LogP contribution >= 0.6 is 23.2 Å². The standard InChI is InChI=1S/C15H15Cl2NO4/c1-15(2)11(7-12(16)17)13(15)14(19)22-8-9-4-3-5-10(6-9)18(20)21/h3-7,11,13H,8H2,1-2H3/t11-,13+/m1/s1. The van der Waals surface area contributed by atoms with E-state index in [0.717, 1.165) is 0 Å². The third-order valence-corrected chi connectivity index (χ3v) is 4.22. The van der Waals surface area contributed by atoms with Crippen LogP contribution in [0.25, 0.3) is 0 Å². The van der Waals surface area contributed by atoms with Crippen molar-refractivity contribution in [3.63, 3.8) is 0 Å². The van der Waals surface area contributed by atoms with Crippen LogP contribution in [-0.2, 0) is 16.1 Å². The first kappa shape index (κ1) is 16.8. The molecule has 0 N–H and O–H groups in total. The summed E-state index contributed by atoms with van der Waals surface area (Å²) in [7, 11) is 0. The second-order valence-electron chi connectivity index (χ2n) is 5.82. The monoisotopic (exact) mass is 343 g/mol. The van der Waals surface area contributed by atoms with Crippen LogP contribution in [0.1, 0.15) is 19.4 Å². The molecule has 2 atom stereocenters. The molecule has 1 saturated carbocycles. The van der Waals surface area contributed by atoms with Gasteiger partial charge in [-0.1, -0.05) is 49.2 Å². The van der Waals surface area contributed by atoms with Crippen molar-refractivity contribution in [2.75, 3.05) is 0 Å². The van der Waals surface area contributed by atoms with Gasteiger partial charge < -0.3 is 4.74 Å². The number of carbonyl (C=O) groups is 1. The second-order valence-corrected chi connectivity index (χ2v) is 6.82. The zero-order valence-electron chi connectivity index (χ0n) is 12.1. The van der Waals surface area contributed by atoms with E-state index in [1.807, 2.05) is 13.8 Å². The van der Waals surface area contributed by atoms with Crippen LogP contribution in [0.3, 0.4) is 0 Å². The molecule has 2 rings (SSSR count). The highest BCUT2D eigenvalue weighted by molar-refractivity contribution is 6.55. The molecule has 118 valence electrons. The van der Waals surface area contributed by atoms with Gasteiger partial charge in [-0.25, -0.2) is 0 Å². The van der Waals surface area contributed by atoms with E-state index in [0.29, 0.717) is 5.56 Å². The molecule has 0 spiro atoms. The Bertz CT molecular complexity index is 638. The lowest BCUT2D eigenvalue weighted by atomic mass is 10.1. The third kappa shape index (κ3) is 3.59. The maximum Gasteiger partial charge on any atom is 0.310 e. The summed E-state index contributed by atoms with van der Waals surface area (Å²) in [5.41, 5.74) is 0.285. The van der Waals surface area contributed by atoms with Crippen LogP contribution in [0, 0.1) is 27.4 Å². The van der Waals surface area contributed by atoms with Gasteiger partial charge in [0.1, 0.15) is 11.1 Å². The molecule has 22 heavy (non-hydrogen) atoms. The molecule has 0 amide bonds. The summed E-state index contributed by atoms with van der Waals surface area (Å²) in [5, 5.41) is 10.7. The van der Waals surface area contributed by atoms with Crippen molar-refractivity contribution in [2.45, 2.75) is 20.5 Å². The van der Waals surface area contributed by atoms with Gasteiger partial charge in [0, 0.05) is 12.1 Å². The van der Waals surface area contributed by atoms with E-state index in [4.69, 9.17) is 27.9 Å². The van der Waals surface area contributed by atoms with Crippen molar-refractivity contribution < 1.29 is 14.5 Å². The van der Waals surface area contributed by atoms with Gasteiger partial charge in [-0.3, -0.25) is 14.9 Å². The van der Waals surface area contributed by atoms with Crippen molar-refractivity contribution in [1.82, 2.24) is 0 Å². The van der Waals surface area contributed by atoms with Crippen LogP contribution in [0.4, 0.5) is 5.69 Å². The summed E-state index contributed by atoms with van der Waals surface area (Å²) in [6.45, 7) is 3.87. The quantitative estimate of drug-likeness (QED) is 0.455. The molecule has 0 heterocycles. The maximum atomic E-state index is 12.1.